The van der Waals surface area contributed by atoms with Crippen molar-refractivity contribution in [3.63, 3.8) is 0 Å². The Morgan fingerprint density at radius 2 is 2.09 bits per heavy atom. The highest BCUT2D eigenvalue weighted by molar-refractivity contribution is 6.68. The van der Waals surface area contributed by atoms with Crippen molar-refractivity contribution in [3.8, 4) is 0 Å². The van der Waals surface area contributed by atoms with Gasteiger partial charge in [0.1, 0.15) is 0 Å². The molecule has 11 heavy (non-hydrogen) atoms. The predicted molar refractivity (Wildman–Crippen MR) is 40.5 cm³/mol. The molecule has 0 aromatic carbocycles. The van der Waals surface area contributed by atoms with Crippen LogP contribution in [-0.4, -0.2) is 20.7 Å². The lowest BCUT2D eigenvalue weighted by Crippen LogP contribution is -2.41. The monoisotopic (exact) mass is 216 g/mol. The molecule has 0 saturated carbocycles. The fourth-order valence-electron chi connectivity index (χ4n) is 0.555. The Kier molecular flexibility index (Phi) is 2.09. The molecule has 1 heterocycles. The molecule has 0 fully saturated rings. The molecular formula is C5H3Cl3O3. The molecule has 1 N–H and O–H groups in total. The predicted octanol–water partition coefficient (Wildman–Crippen LogP) is 1.16. The van der Waals surface area contributed by atoms with Crippen LogP contribution < -0.4 is 0 Å². The van der Waals surface area contributed by atoms with E-state index in [4.69, 9.17) is 34.8 Å². The number of halogens is 3. The molecule has 1 aliphatic rings. The first-order valence-corrected chi connectivity index (χ1v) is 3.70. The van der Waals surface area contributed by atoms with Gasteiger partial charge >= 0.3 is 5.97 Å². The minimum absolute atomic E-state index is 0.737. The van der Waals surface area contributed by atoms with Gasteiger partial charge in [-0.2, -0.15) is 0 Å². The fraction of sp³-hybridized carbons (Fsp3) is 0.400. The van der Waals surface area contributed by atoms with E-state index in [0.29, 0.717) is 0 Å². The van der Waals surface area contributed by atoms with Gasteiger partial charge < -0.3 is 9.84 Å². The molecule has 0 amide bonds. The molecule has 0 saturated heterocycles. The van der Waals surface area contributed by atoms with Crippen LogP contribution in [0.2, 0.25) is 0 Å². The van der Waals surface area contributed by atoms with Gasteiger partial charge in [0.25, 0.3) is 9.58 Å². The maximum Gasteiger partial charge on any atom is 0.333 e. The van der Waals surface area contributed by atoms with E-state index in [2.05, 4.69) is 4.74 Å². The molecule has 0 unspecified atom stereocenters. The van der Waals surface area contributed by atoms with Crippen LogP contribution in [-0.2, 0) is 9.53 Å². The van der Waals surface area contributed by atoms with E-state index in [1.165, 1.54) is 0 Å². The van der Waals surface area contributed by atoms with Crippen molar-refractivity contribution in [2.45, 2.75) is 9.58 Å². The molecule has 0 spiro atoms. The van der Waals surface area contributed by atoms with Crippen LogP contribution in [0.15, 0.2) is 12.2 Å². The lowest BCUT2D eigenvalue weighted by atomic mass is 10.3. The van der Waals surface area contributed by atoms with Gasteiger partial charge in [0.15, 0.2) is 0 Å². The molecule has 0 aromatic rings. The van der Waals surface area contributed by atoms with Gasteiger partial charge in [-0.1, -0.05) is 34.8 Å². The summed E-state index contributed by atoms with van der Waals surface area (Å²) in [4.78, 5) is 10.5. The van der Waals surface area contributed by atoms with Crippen LogP contribution in [0, 0.1) is 0 Å². The summed E-state index contributed by atoms with van der Waals surface area (Å²) < 4.78 is 2.26. The standard InChI is InChI=1S/C5H3Cl3O3/c6-5(7,8)4(10)2-1-3(9)11-4/h1-2,10H/t4-/m0/s1. The average Bonchev–Trinajstić information content (AvgIpc) is 2.10. The fourth-order valence-corrected chi connectivity index (χ4v) is 0.859. The van der Waals surface area contributed by atoms with E-state index in [0.717, 1.165) is 12.2 Å². The third-order valence-electron chi connectivity index (χ3n) is 1.11. The van der Waals surface area contributed by atoms with Crippen molar-refractivity contribution < 1.29 is 14.6 Å². The zero-order chi connectivity index (χ0) is 8.70. The Bertz CT molecular complexity index is 220. The second-order valence-corrected chi connectivity index (χ2v) is 4.23. The van der Waals surface area contributed by atoms with Gasteiger partial charge in [-0.15, -0.1) is 0 Å². The van der Waals surface area contributed by atoms with Gasteiger partial charge in [-0.3, -0.25) is 0 Å². The second kappa shape index (κ2) is 2.52. The number of hydrogen-bond acceptors (Lipinski definition) is 3. The second-order valence-electron chi connectivity index (χ2n) is 1.95. The molecule has 3 nitrogen and oxygen atoms in total. The quantitative estimate of drug-likeness (QED) is 0.489. The first-order valence-electron chi connectivity index (χ1n) is 2.56. The van der Waals surface area contributed by atoms with Gasteiger partial charge in [0, 0.05) is 6.08 Å². The van der Waals surface area contributed by atoms with Crippen molar-refractivity contribution in [3.05, 3.63) is 12.2 Å². The number of carbonyl (C=O) groups is 1. The summed E-state index contributed by atoms with van der Waals surface area (Å²) in [7, 11) is 0. The zero-order valence-corrected chi connectivity index (χ0v) is 7.32. The van der Waals surface area contributed by atoms with Gasteiger partial charge in [0.05, 0.1) is 0 Å². The number of hydrogen-bond donors (Lipinski definition) is 1. The van der Waals surface area contributed by atoms with Gasteiger partial charge in [-0.25, -0.2) is 4.79 Å². The SMILES string of the molecule is O=C1C=C[C@@](O)(C(Cl)(Cl)Cl)O1. The summed E-state index contributed by atoms with van der Waals surface area (Å²) in [6.45, 7) is 0. The molecule has 1 aliphatic heterocycles. The Morgan fingerprint density at radius 1 is 1.55 bits per heavy atom. The van der Waals surface area contributed by atoms with Crippen LogP contribution in [0.3, 0.4) is 0 Å². The Hall–Kier alpha value is 0.0400. The number of esters is 1. The number of carbonyl (C=O) groups excluding carboxylic acids is 1. The largest absolute Gasteiger partial charge is 0.421 e. The number of ether oxygens (including phenoxy) is 1. The van der Waals surface area contributed by atoms with Crippen molar-refractivity contribution in [1.29, 1.82) is 0 Å². The highest BCUT2D eigenvalue weighted by Gasteiger charge is 2.51. The van der Waals surface area contributed by atoms with Crippen molar-refractivity contribution in [1.82, 2.24) is 0 Å². The lowest BCUT2D eigenvalue weighted by molar-refractivity contribution is -0.176. The summed E-state index contributed by atoms with van der Waals surface area (Å²) in [5, 5.41) is 9.27. The Labute approximate surface area is 77.5 Å². The van der Waals surface area contributed by atoms with Crippen molar-refractivity contribution in [2.75, 3.05) is 0 Å². The van der Waals surface area contributed by atoms with Crippen molar-refractivity contribution >= 4 is 40.8 Å². The molecule has 6 heteroatoms. The number of aliphatic hydroxyl groups is 1. The van der Waals surface area contributed by atoms with E-state index in [1.807, 2.05) is 0 Å². The van der Waals surface area contributed by atoms with Crippen molar-refractivity contribution in [2.24, 2.45) is 0 Å². The zero-order valence-electron chi connectivity index (χ0n) is 5.05. The maximum atomic E-state index is 10.5. The first-order chi connectivity index (χ1) is 4.85. The van der Waals surface area contributed by atoms with E-state index >= 15 is 0 Å². The van der Waals surface area contributed by atoms with Gasteiger partial charge in [-0.05, 0) is 6.08 Å². The highest BCUT2D eigenvalue weighted by atomic mass is 35.6. The third kappa shape index (κ3) is 1.62. The van der Waals surface area contributed by atoms with Crippen LogP contribution in [0.25, 0.3) is 0 Å². The van der Waals surface area contributed by atoms with Crippen LogP contribution >= 0.6 is 34.8 Å². The lowest BCUT2D eigenvalue weighted by Gasteiger charge is -2.26. The molecule has 1 rings (SSSR count). The molecule has 1 atom stereocenters. The summed E-state index contributed by atoms with van der Waals surface area (Å²) in [6.07, 6.45) is 1.98. The van der Waals surface area contributed by atoms with E-state index in [-0.39, 0.29) is 0 Å². The number of rotatable bonds is 0. The first kappa shape index (κ1) is 9.13. The number of cyclic esters (lactones) is 1. The minimum atomic E-state index is -2.13. The summed E-state index contributed by atoms with van der Waals surface area (Å²) in [6, 6.07) is 0. The van der Waals surface area contributed by atoms with E-state index < -0.39 is 15.5 Å². The van der Waals surface area contributed by atoms with Crippen LogP contribution in [0.1, 0.15) is 0 Å². The smallest absolute Gasteiger partial charge is 0.333 e. The Balaban J connectivity index is 2.88. The number of alkyl halides is 3. The molecule has 62 valence electrons. The molecule has 0 radical (unpaired) electrons. The minimum Gasteiger partial charge on any atom is -0.421 e. The van der Waals surface area contributed by atoms with Crippen LogP contribution in [0.5, 0.6) is 0 Å². The highest BCUT2D eigenvalue weighted by Crippen LogP contribution is 2.41. The summed E-state index contributed by atoms with van der Waals surface area (Å²) in [5.41, 5.74) is 0. The van der Waals surface area contributed by atoms with E-state index in [9.17, 15) is 9.90 Å². The van der Waals surface area contributed by atoms with E-state index in [1.54, 1.807) is 0 Å². The average molecular weight is 217 g/mol. The van der Waals surface area contributed by atoms with Gasteiger partial charge in [0.2, 0.25) is 0 Å². The maximum absolute atomic E-state index is 10.5. The third-order valence-corrected chi connectivity index (χ3v) is 1.92. The molecule has 0 aromatic heterocycles. The topological polar surface area (TPSA) is 46.5 Å². The molecule has 0 aliphatic carbocycles. The Morgan fingerprint density at radius 3 is 2.27 bits per heavy atom. The molecule has 0 bridgehead atoms. The van der Waals surface area contributed by atoms with Crippen LogP contribution in [0.4, 0.5) is 0 Å². The molecular weight excluding hydrogens is 214 g/mol. The summed E-state index contributed by atoms with van der Waals surface area (Å²) in [5.74, 6) is -2.87. The summed E-state index contributed by atoms with van der Waals surface area (Å²) >= 11 is 15.9. The normalized spacial score (nSPS) is 30.7.